The lowest BCUT2D eigenvalue weighted by molar-refractivity contribution is 0.629. The van der Waals surface area contributed by atoms with Crippen molar-refractivity contribution in [2.24, 2.45) is 0 Å². The number of thiophene rings is 1. The standard InChI is InChI=1S/C54H34F2N2S/c55-39-26-33-47-51(34-39)58(50-18-9-16-48(56)53(47)50)49-17-6-4-12-43(49)37-22-29-41(30-23-37)57(40-27-20-36(21-28-40)35-10-2-1-3-11-35)42-31-24-38(25-32-42)44-14-8-15-46-45-13-5-7-19-52(45)59-54(44)46/h1-34H. The Labute approximate surface area is 344 Å². The summed E-state index contributed by atoms with van der Waals surface area (Å²) in [4.78, 5) is 2.28. The number of rotatable bonds is 7. The highest BCUT2D eigenvalue weighted by atomic mass is 32.1. The largest absolute Gasteiger partial charge is 0.311 e. The van der Waals surface area contributed by atoms with Crippen LogP contribution >= 0.6 is 11.3 Å². The Morgan fingerprint density at radius 3 is 1.73 bits per heavy atom. The predicted molar refractivity (Wildman–Crippen MR) is 245 cm³/mol. The van der Waals surface area contributed by atoms with Gasteiger partial charge in [0.05, 0.1) is 16.7 Å². The van der Waals surface area contributed by atoms with Crippen LogP contribution in [-0.2, 0) is 0 Å². The molecule has 0 amide bonds. The Kier molecular flexibility index (Phi) is 8.42. The van der Waals surface area contributed by atoms with Gasteiger partial charge in [0, 0.05) is 53.6 Å². The number of hydrogen-bond donors (Lipinski definition) is 0. The van der Waals surface area contributed by atoms with E-state index in [0.29, 0.717) is 21.8 Å². The molecule has 11 aromatic rings. The lowest BCUT2D eigenvalue weighted by Gasteiger charge is -2.26. The minimum Gasteiger partial charge on any atom is -0.311 e. The number of halogens is 2. The van der Waals surface area contributed by atoms with Crippen molar-refractivity contribution >= 4 is 70.4 Å². The first-order valence-electron chi connectivity index (χ1n) is 19.6. The third kappa shape index (κ3) is 5.98. The molecule has 0 aliphatic carbocycles. The van der Waals surface area contributed by atoms with Crippen molar-refractivity contribution in [2.45, 2.75) is 0 Å². The number of anilines is 3. The second-order valence-corrected chi connectivity index (χ2v) is 15.8. The van der Waals surface area contributed by atoms with Crippen LogP contribution in [0.25, 0.3) is 81.0 Å². The molecule has 0 fully saturated rings. The second kappa shape index (κ2) is 14.2. The van der Waals surface area contributed by atoms with Crippen molar-refractivity contribution in [2.75, 3.05) is 4.90 Å². The van der Waals surface area contributed by atoms with Crippen LogP contribution in [0.1, 0.15) is 0 Å². The van der Waals surface area contributed by atoms with Crippen molar-refractivity contribution < 1.29 is 8.78 Å². The summed E-state index contributed by atoms with van der Waals surface area (Å²) in [5.41, 5.74) is 11.9. The van der Waals surface area contributed by atoms with Gasteiger partial charge in [0.2, 0.25) is 0 Å². The van der Waals surface area contributed by atoms with E-state index >= 15 is 4.39 Å². The molecule has 2 aromatic heterocycles. The topological polar surface area (TPSA) is 8.17 Å². The summed E-state index contributed by atoms with van der Waals surface area (Å²) in [5, 5.41) is 3.73. The number of para-hydroxylation sites is 1. The van der Waals surface area contributed by atoms with Crippen LogP contribution in [0.15, 0.2) is 206 Å². The fourth-order valence-electron chi connectivity index (χ4n) is 8.60. The minimum atomic E-state index is -0.370. The van der Waals surface area contributed by atoms with Crippen molar-refractivity contribution in [1.29, 1.82) is 0 Å². The van der Waals surface area contributed by atoms with E-state index in [9.17, 15) is 4.39 Å². The first kappa shape index (κ1) is 34.9. The number of nitrogens with zero attached hydrogens (tertiary/aromatic N) is 2. The molecular formula is C54H34F2N2S. The maximum absolute atomic E-state index is 15.4. The van der Waals surface area contributed by atoms with Gasteiger partial charge in [-0.05, 0) is 107 Å². The first-order valence-corrected chi connectivity index (χ1v) is 20.4. The van der Waals surface area contributed by atoms with Crippen LogP contribution in [-0.4, -0.2) is 4.57 Å². The van der Waals surface area contributed by atoms with Gasteiger partial charge in [0.25, 0.3) is 0 Å². The fraction of sp³-hybridized carbons (Fsp3) is 0. The SMILES string of the molecule is Fc1ccc2c3c(F)cccc3n(-c3ccccc3-c3ccc(N(c4ccc(-c5ccccc5)cc4)c4ccc(-c5cccc6c5sc5ccccc56)cc4)cc3)c2c1. The Balaban J connectivity index is 1.01. The highest BCUT2D eigenvalue weighted by Crippen LogP contribution is 2.43. The summed E-state index contributed by atoms with van der Waals surface area (Å²) in [6, 6.07) is 69.4. The lowest BCUT2D eigenvalue weighted by atomic mass is 10.0. The predicted octanol–water partition coefficient (Wildman–Crippen LogP) is 15.9. The highest BCUT2D eigenvalue weighted by molar-refractivity contribution is 7.26. The molecule has 0 saturated heterocycles. The monoisotopic (exact) mass is 780 g/mol. The Hall–Kier alpha value is -7.34. The van der Waals surface area contributed by atoms with Crippen molar-refractivity contribution in [3.8, 4) is 39.1 Å². The third-order valence-electron chi connectivity index (χ3n) is 11.4. The van der Waals surface area contributed by atoms with Gasteiger partial charge in [-0.1, -0.05) is 127 Å². The van der Waals surface area contributed by atoms with Crippen LogP contribution in [0.2, 0.25) is 0 Å². The molecular weight excluding hydrogens is 747 g/mol. The van der Waals surface area contributed by atoms with E-state index in [4.69, 9.17) is 0 Å². The number of benzene rings is 9. The zero-order chi connectivity index (χ0) is 39.5. The zero-order valence-electron chi connectivity index (χ0n) is 31.7. The van der Waals surface area contributed by atoms with Gasteiger partial charge >= 0.3 is 0 Å². The molecule has 0 spiro atoms. The van der Waals surface area contributed by atoms with E-state index in [1.54, 1.807) is 12.1 Å². The molecule has 0 atom stereocenters. The quantitative estimate of drug-likeness (QED) is 0.156. The molecule has 2 nitrogen and oxygen atoms in total. The fourth-order valence-corrected chi connectivity index (χ4v) is 9.84. The molecule has 0 saturated carbocycles. The normalized spacial score (nSPS) is 11.6. The van der Waals surface area contributed by atoms with Gasteiger partial charge in [-0.2, -0.15) is 0 Å². The molecule has 0 unspecified atom stereocenters. The van der Waals surface area contributed by atoms with E-state index in [0.717, 1.165) is 39.4 Å². The number of fused-ring (bicyclic) bond motifs is 6. The molecule has 2 heterocycles. The third-order valence-corrected chi connectivity index (χ3v) is 12.6. The Morgan fingerprint density at radius 2 is 0.983 bits per heavy atom. The summed E-state index contributed by atoms with van der Waals surface area (Å²) in [6.07, 6.45) is 0. The maximum Gasteiger partial charge on any atom is 0.133 e. The Bertz CT molecular complexity index is 3330. The van der Waals surface area contributed by atoms with Gasteiger partial charge in [0.1, 0.15) is 11.6 Å². The lowest BCUT2D eigenvalue weighted by Crippen LogP contribution is -2.09. The summed E-state index contributed by atoms with van der Waals surface area (Å²) in [6.45, 7) is 0. The van der Waals surface area contributed by atoms with Crippen molar-refractivity contribution in [1.82, 2.24) is 4.57 Å². The molecule has 9 aromatic carbocycles. The molecule has 5 heteroatoms. The summed E-state index contributed by atoms with van der Waals surface area (Å²) in [7, 11) is 0. The molecule has 0 aliphatic heterocycles. The minimum absolute atomic E-state index is 0.332. The summed E-state index contributed by atoms with van der Waals surface area (Å²) in [5.74, 6) is -0.701. The van der Waals surface area contributed by atoms with E-state index in [1.165, 1.54) is 55.1 Å². The van der Waals surface area contributed by atoms with Gasteiger partial charge in [-0.25, -0.2) is 8.78 Å². The second-order valence-electron chi connectivity index (χ2n) is 14.8. The van der Waals surface area contributed by atoms with Crippen LogP contribution in [0.3, 0.4) is 0 Å². The first-order chi connectivity index (χ1) is 29.1. The van der Waals surface area contributed by atoms with Crippen molar-refractivity contribution in [3.63, 3.8) is 0 Å². The number of hydrogen-bond acceptors (Lipinski definition) is 2. The molecule has 0 bridgehead atoms. The van der Waals surface area contributed by atoms with Crippen molar-refractivity contribution in [3.05, 3.63) is 218 Å². The van der Waals surface area contributed by atoms with Crippen LogP contribution < -0.4 is 4.90 Å². The van der Waals surface area contributed by atoms with Gasteiger partial charge in [-0.15, -0.1) is 11.3 Å². The molecule has 11 rings (SSSR count). The number of aromatic nitrogens is 1. The molecule has 0 aliphatic rings. The van der Waals surface area contributed by atoms with Gasteiger partial charge < -0.3 is 9.47 Å². The maximum atomic E-state index is 15.4. The Morgan fingerprint density at radius 1 is 0.407 bits per heavy atom. The average molecular weight is 781 g/mol. The van der Waals surface area contributed by atoms with Gasteiger partial charge in [-0.3, -0.25) is 0 Å². The van der Waals surface area contributed by atoms with Crippen LogP contribution in [0.5, 0.6) is 0 Å². The summed E-state index contributed by atoms with van der Waals surface area (Å²) >= 11 is 1.84. The smallest absolute Gasteiger partial charge is 0.133 e. The van der Waals surface area contributed by atoms with Gasteiger partial charge in [0.15, 0.2) is 0 Å². The zero-order valence-corrected chi connectivity index (χ0v) is 32.5. The van der Waals surface area contributed by atoms with E-state index in [-0.39, 0.29) is 11.6 Å². The van der Waals surface area contributed by atoms with E-state index in [1.807, 2.05) is 46.2 Å². The van der Waals surface area contributed by atoms with E-state index < -0.39 is 0 Å². The summed E-state index contributed by atoms with van der Waals surface area (Å²) < 4.78 is 34.7. The van der Waals surface area contributed by atoms with Crippen LogP contribution in [0, 0.1) is 11.6 Å². The average Bonchev–Trinajstić information content (AvgIpc) is 3.84. The molecule has 0 radical (unpaired) electrons. The van der Waals surface area contributed by atoms with E-state index in [2.05, 4.69) is 150 Å². The molecule has 280 valence electrons. The van der Waals surface area contributed by atoms with Crippen LogP contribution in [0.4, 0.5) is 25.8 Å². The molecule has 59 heavy (non-hydrogen) atoms. The molecule has 0 N–H and O–H groups in total. The highest BCUT2D eigenvalue weighted by Gasteiger charge is 2.20.